The fourth-order valence-electron chi connectivity index (χ4n) is 5.08. The van der Waals surface area contributed by atoms with Gasteiger partial charge in [-0.05, 0) is 50.9 Å². The smallest absolute Gasteiger partial charge is 0.246 e. The highest BCUT2D eigenvalue weighted by molar-refractivity contribution is 6.33. The van der Waals surface area contributed by atoms with Crippen molar-refractivity contribution in [3.8, 4) is 11.3 Å². The van der Waals surface area contributed by atoms with Crippen molar-refractivity contribution in [3.63, 3.8) is 0 Å². The molecule has 0 bridgehead atoms. The van der Waals surface area contributed by atoms with E-state index in [1.165, 1.54) is 6.08 Å². The molecule has 1 amide bonds. The first-order valence-electron chi connectivity index (χ1n) is 11.8. The van der Waals surface area contributed by atoms with Crippen LogP contribution >= 0.6 is 11.6 Å². The van der Waals surface area contributed by atoms with E-state index in [1.54, 1.807) is 6.20 Å². The Hall–Kier alpha value is -3.14. The third kappa shape index (κ3) is 4.46. The molecule has 2 heterocycles. The predicted octanol–water partition coefficient (Wildman–Crippen LogP) is 4.60. The number of halogens is 1. The van der Waals surface area contributed by atoms with E-state index in [0.29, 0.717) is 28.7 Å². The van der Waals surface area contributed by atoms with Gasteiger partial charge in [0.25, 0.3) is 0 Å². The number of likely N-dealkylation sites (tertiary alicyclic amines) is 1. The van der Waals surface area contributed by atoms with E-state index in [1.807, 2.05) is 35.2 Å². The standard InChI is InChI=1S/C27H28ClN5O/c1-3-25(34)33-16-21(17-33)32(2)20-11-7-10-19(14-20)30-27-29-15-24(28)26(31-27)23-13-6-9-18-8-4-5-12-22(18)23/h3-5,8,12-13,15,19-21H,1,7,10-11,14,16-17H2,2H3,(H,29,30,31)/t19-,20+/m1/s1. The summed E-state index contributed by atoms with van der Waals surface area (Å²) in [5, 5.41) is 6.09. The predicted molar refractivity (Wildman–Crippen MR) is 136 cm³/mol. The second-order valence-corrected chi connectivity index (χ2v) is 9.60. The van der Waals surface area contributed by atoms with Gasteiger partial charge in [-0.3, -0.25) is 9.69 Å². The first-order chi connectivity index (χ1) is 16.5. The Balaban J connectivity index is 1.28. The van der Waals surface area contributed by atoms with Gasteiger partial charge >= 0.3 is 0 Å². The van der Waals surface area contributed by atoms with E-state index in [2.05, 4.69) is 41.0 Å². The van der Waals surface area contributed by atoms with Gasteiger partial charge in [0.1, 0.15) is 0 Å². The van der Waals surface area contributed by atoms with Gasteiger partial charge in [0.15, 0.2) is 0 Å². The molecule has 1 aliphatic carbocycles. The minimum absolute atomic E-state index is 0.0187. The van der Waals surface area contributed by atoms with Crippen molar-refractivity contribution in [2.75, 3.05) is 25.5 Å². The van der Waals surface area contributed by atoms with E-state index in [4.69, 9.17) is 16.6 Å². The minimum Gasteiger partial charge on any atom is -0.351 e. The molecule has 2 aromatic carbocycles. The summed E-state index contributed by atoms with van der Waals surface area (Å²) in [4.78, 5) is 25.3. The van der Waals surface area contributed by atoms with E-state index in [0.717, 1.165) is 55.1 Å². The largest absolute Gasteiger partial charge is 0.351 e. The summed E-state index contributed by atoms with van der Waals surface area (Å²) in [5.41, 5.74) is 1.63. The van der Waals surface area contributed by atoms with Gasteiger partial charge in [-0.15, -0.1) is 0 Å². The average Bonchev–Trinajstić information content (AvgIpc) is 2.84. The van der Waals surface area contributed by atoms with Gasteiger partial charge in [-0.2, -0.15) is 0 Å². The third-order valence-electron chi connectivity index (χ3n) is 7.12. The summed E-state index contributed by atoms with van der Waals surface area (Å²) in [6, 6.07) is 17.3. The number of aromatic nitrogens is 2. The number of nitrogens with zero attached hydrogens (tertiary/aromatic N) is 4. The van der Waals surface area contributed by atoms with Crippen LogP contribution in [0, 0.1) is 12.1 Å². The Bertz CT molecular complexity index is 1200. The lowest BCUT2D eigenvalue weighted by molar-refractivity contribution is -0.133. The Labute approximate surface area is 205 Å². The zero-order valence-electron chi connectivity index (χ0n) is 19.3. The maximum absolute atomic E-state index is 11.8. The number of benzene rings is 1. The Morgan fingerprint density at radius 2 is 2.12 bits per heavy atom. The molecule has 3 aromatic rings. The van der Waals surface area contributed by atoms with E-state index in [9.17, 15) is 4.79 Å². The molecular weight excluding hydrogens is 446 g/mol. The lowest BCUT2D eigenvalue weighted by Gasteiger charge is -2.48. The van der Waals surface area contributed by atoms with Gasteiger partial charge in [0.05, 0.1) is 16.9 Å². The molecule has 1 aromatic heterocycles. The van der Waals surface area contributed by atoms with Crippen molar-refractivity contribution in [2.24, 2.45) is 0 Å². The van der Waals surface area contributed by atoms with Crippen LogP contribution in [0.5, 0.6) is 0 Å². The van der Waals surface area contributed by atoms with Gasteiger partial charge in [0, 0.05) is 47.6 Å². The fourth-order valence-corrected chi connectivity index (χ4v) is 5.27. The van der Waals surface area contributed by atoms with Crippen LogP contribution in [0.2, 0.25) is 5.02 Å². The number of anilines is 1. The molecular formula is C27H28ClN5O. The van der Waals surface area contributed by atoms with Crippen molar-refractivity contribution < 1.29 is 4.79 Å². The lowest BCUT2D eigenvalue weighted by Crippen LogP contribution is -2.62. The summed E-state index contributed by atoms with van der Waals surface area (Å²) < 4.78 is 0. The topological polar surface area (TPSA) is 61.4 Å². The Kier molecular flexibility index (Phi) is 6.40. The lowest BCUT2D eigenvalue weighted by atomic mass is 9.88. The number of carbonyl (C=O) groups is 1. The van der Waals surface area contributed by atoms with Crippen LogP contribution < -0.4 is 5.32 Å². The van der Waals surface area contributed by atoms with Crippen molar-refractivity contribution in [1.82, 2.24) is 19.8 Å². The number of fused-ring (bicyclic) bond motifs is 1. The molecule has 7 heteroatoms. The van der Waals surface area contributed by atoms with Gasteiger partial charge < -0.3 is 10.2 Å². The Morgan fingerprint density at radius 3 is 2.94 bits per heavy atom. The van der Waals surface area contributed by atoms with Crippen LogP contribution in [0.25, 0.3) is 22.0 Å². The van der Waals surface area contributed by atoms with Crippen molar-refractivity contribution in [1.29, 1.82) is 0 Å². The molecule has 0 unspecified atom stereocenters. The summed E-state index contributed by atoms with van der Waals surface area (Å²) in [7, 11) is 2.18. The quantitative estimate of drug-likeness (QED) is 0.530. The first kappa shape index (κ1) is 22.6. The highest BCUT2D eigenvalue weighted by atomic mass is 35.5. The highest BCUT2D eigenvalue weighted by Gasteiger charge is 2.36. The first-order valence-corrected chi connectivity index (χ1v) is 12.1. The van der Waals surface area contributed by atoms with Crippen LogP contribution in [0.1, 0.15) is 25.7 Å². The van der Waals surface area contributed by atoms with Gasteiger partial charge in [-0.1, -0.05) is 48.5 Å². The van der Waals surface area contributed by atoms with Crippen LogP contribution in [-0.2, 0) is 4.79 Å². The second kappa shape index (κ2) is 9.61. The third-order valence-corrected chi connectivity index (χ3v) is 7.40. The van der Waals surface area contributed by atoms with Crippen LogP contribution in [-0.4, -0.2) is 63.9 Å². The molecule has 6 nitrogen and oxygen atoms in total. The molecule has 34 heavy (non-hydrogen) atoms. The molecule has 2 aliphatic rings. The Morgan fingerprint density at radius 1 is 1.29 bits per heavy atom. The summed E-state index contributed by atoms with van der Waals surface area (Å²) in [6.07, 6.45) is 7.46. The number of amides is 1. The van der Waals surface area contributed by atoms with E-state index in [-0.39, 0.29) is 11.9 Å². The summed E-state index contributed by atoms with van der Waals surface area (Å²) >= 11 is 6.52. The number of rotatable bonds is 6. The normalized spacial score (nSPS) is 20.6. The molecule has 0 radical (unpaired) electrons. The number of hydrogen-bond acceptors (Lipinski definition) is 5. The molecule has 2 fully saturated rings. The van der Waals surface area contributed by atoms with Crippen LogP contribution in [0.15, 0.2) is 49.2 Å². The molecule has 1 saturated heterocycles. The number of carbonyl (C=O) groups excluding carboxylic acids is 1. The monoisotopic (exact) mass is 473 g/mol. The minimum atomic E-state index is 0.0187. The fraction of sp³-hybridized carbons (Fsp3) is 0.370. The second-order valence-electron chi connectivity index (χ2n) is 9.19. The van der Waals surface area contributed by atoms with Crippen molar-refractivity contribution in [2.45, 2.75) is 43.8 Å². The summed E-state index contributed by atoms with van der Waals surface area (Å²) in [6.45, 7) is 5.14. The van der Waals surface area contributed by atoms with Crippen LogP contribution in [0.3, 0.4) is 0 Å². The van der Waals surface area contributed by atoms with Crippen LogP contribution in [0.4, 0.5) is 5.95 Å². The number of likely N-dealkylation sites (N-methyl/N-ethyl adjacent to an activating group) is 1. The van der Waals surface area contributed by atoms with Crippen molar-refractivity contribution in [3.05, 3.63) is 66.3 Å². The number of hydrogen-bond donors (Lipinski definition) is 1. The number of nitrogens with one attached hydrogen (secondary N) is 1. The molecule has 1 N–H and O–H groups in total. The zero-order chi connectivity index (χ0) is 23.7. The SMILES string of the molecule is C=CC(=O)N1CC(N(C)[C@H]2CCC[C@@H](Nc3ncc(Cl)c(-c4cc#cc5ccccc45)n3)C2)C1. The van der Waals surface area contributed by atoms with E-state index >= 15 is 0 Å². The van der Waals surface area contributed by atoms with Gasteiger partial charge in [-0.25, -0.2) is 9.97 Å². The molecule has 5 rings (SSSR count). The molecule has 0 spiro atoms. The highest BCUT2D eigenvalue weighted by Crippen LogP contribution is 2.32. The zero-order valence-corrected chi connectivity index (χ0v) is 20.1. The molecule has 174 valence electrons. The molecule has 1 aliphatic heterocycles. The van der Waals surface area contributed by atoms with Gasteiger partial charge in [0.2, 0.25) is 11.9 Å². The molecule has 1 saturated carbocycles. The molecule has 2 atom stereocenters. The maximum atomic E-state index is 11.8. The average molecular weight is 474 g/mol. The maximum Gasteiger partial charge on any atom is 0.246 e. The van der Waals surface area contributed by atoms with E-state index < -0.39 is 0 Å². The van der Waals surface area contributed by atoms with Crippen molar-refractivity contribution >= 4 is 34.2 Å². The summed E-state index contributed by atoms with van der Waals surface area (Å²) in [5.74, 6) is 0.612.